The molecule has 2 aromatic heterocycles. The van der Waals surface area contributed by atoms with Crippen molar-refractivity contribution < 1.29 is 18.7 Å². The molecule has 0 unspecified atom stereocenters. The lowest BCUT2D eigenvalue weighted by atomic mass is 10.2. The van der Waals surface area contributed by atoms with Crippen LogP contribution < -0.4 is 15.6 Å². The third-order valence-corrected chi connectivity index (χ3v) is 5.46. The summed E-state index contributed by atoms with van der Waals surface area (Å²) in [6.45, 7) is 0. The Morgan fingerprint density at radius 1 is 0.966 bits per heavy atom. The van der Waals surface area contributed by atoms with Crippen LogP contribution in [0.4, 0.5) is 4.39 Å². The molecule has 0 aliphatic rings. The van der Waals surface area contributed by atoms with Crippen molar-refractivity contribution in [2.45, 2.75) is 0 Å². The summed E-state index contributed by atoms with van der Waals surface area (Å²) in [6.07, 6.45) is 0. The monoisotopic (exact) mass is 409 g/mol. The van der Waals surface area contributed by atoms with E-state index in [4.69, 9.17) is 4.74 Å². The predicted octanol–water partition coefficient (Wildman–Crippen LogP) is 4.12. The Bertz CT molecular complexity index is 1200. The topological polar surface area (TPSA) is 83.2 Å². The van der Waals surface area contributed by atoms with Gasteiger partial charge in [0.05, 0.1) is 12.0 Å². The molecule has 0 fully saturated rings. The Hall–Kier alpha value is -3.65. The summed E-state index contributed by atoms with van der Waals surface area (Å²) in [7, 11) is 1.57. The van der Waals surface area contributed by atoms with Crippen LogP contribution in [0.1, 0.15) is 20.2 Å². The van der Waals surface area contributed by atoms with Crippen molar-refractivity contribution in [1.82, 2.24) is 15.8 Å². The van der Waals surface area contributed by atoms with Crippen molar-refractivity contribution in [2.24, 2.45) is 0 Å². The fourth-order valence-electron chi connectivity index (χ4n) is 2.83. The number of aromatic amines is 1. The third kappa shape index (κ3) is 3.97. The average Bonchev–Trinajstić information content (AvgIpc) is 3.39. The highest BCUT2D eigenvalue weighted by Gasteiger charge is 2.14. The van der Waals surface area contributed by atoms with Crippen LogP contribution in [0.15, 0.2) is 60.7 Å². The number of amides is 2. The molecule has 0 aliphatic carbocycles. The van der Waals surface area contributed by atoms with E-state index in [1.54, 1.807) is 49.6 Å². The van der Waals surface area contributed by atoms with Gasteiger partial charge in [0.15, 0.2) is 0 Å². The summed E-state index contributed by atoms with van der Waals surface area (Å²) in [5.74, 6) is -0.547. The number of fused-ring (bicyclic) bond motifs is 1. The molecule has 0 saturated heterocycles. The summed E-state index contributed by atoms with van der Waals surface area (Å²) >= 11 is 1.25. The number of hydrogen-bond donors (Lipinski definition) is 3. The summed E-state index contributed by atoms with van der Waals surface area (Å²) in [6, 6.07) is 16.6. The zero-order valence-corrected chi connectivity index (χ0v) is 16.1. The van der Waals surface area contributed by atoms with E-state index < -0.39 is 11.8 Å². The van der Waals surface area contributed by atoms with E-state index in [1.165, 1.54) is 23.5 Å². The zero-order chi connectivity index (χ0) is 20.4. The van der Waals surface area contributed by atoms with Crippen LogP contribution in [0.5, 0.6) is 5.75 Å². The number of aromatic nitrogens is 1. The molecule has 146 valence electrons. The van der Waals surface area contributed by atoms with E-state index in [9.17, 15) is 14.0 Å². The second-order valence-electron chi connectivity index (χ2n) is 6.22. The quantitative estimate of drug-likeness (QED) is 0.444. The molecule has 3 N–H and O–H groups in total. The molecule has 4 aromatic rings. The molecule has 2 amide bonds. The van der Waals surface area contributed by atoms with Crippen molar-refractivity contribution in [3.8, 4) is 16.2 Å². The fraction of sp³-hybridized carbons (Fsp3) is 0.0476. The first-order valence-electron chi connectivity index (χ1n) is 8.67. The maximum atomic E-state index is 13.0. The Labute approximate surface area is 169 Å². The van der Waals surface area contributed by atoms with Crippen LogP contribution in [-0.4, -0.2) is 23.9 Å². The molecular weight excluding hydrogens is 393 g/mol. The van der Waals surface area contributed by atoms with Gasteiger partial charge in [0, 0.05) is 21.8 Å². The maximum absolute atomic E-state index is 13.0. The van der Waals surface area contributed by atoms with Crippen LogP contribution in [0.3, 0.4) is 0 Å². The van der Waals surface area contributed by atoms with Gasteiger partial charge in [0.25, 0.3) is 11.8 Å². The normalized spacial score (nSPS) is 10.7. The molecule has 29 heavy (non-hydrogen) atoms. The number of hydrazine groups is 1. The van der Waals surface area contributed by atoms with E-state index in [0.29, 0.717) is 16.3 Å². The smallest absolute Gasteiger partial charge is 0.286 e. The van der Waals surface area contributed by atoms with Gasteiger partial charge in [-0.05, 0) is 48.0 Å². The van der Waals surface area contributed by atoms with Crippen molar-refractivity contribution in [3.05, 3.63) is 77.1 Å². The number of H-pyrrole nitrogens is 1. The molecular formula is C21H16FN3O3S. The summed E-state index contributed by atoms with van der Waals surface area (Å²) in [5.41, 5.74) is 6.68. The average molecular weight is 409 g/mol. The van der Waals surface area contributed by atoms with Crippen molar-refractivity contribution in [3.63, 3.8) is 0 Å². The van der Waals surface area contributed by atoms with Crippen LogP contribution in [0.2, 0.25) is 0 Å². The van der Waals surface area contributed by atoms with Gasteiger partial charge in [-0.1, -0.05) is 12.1 Å². The molecule has 4 rings (SSSR count). The summed E-state index contributed by atoms with van der Waals surface area (Å²) in [4.78, 5) is 28.9. The van der Waals surface area contributed by atoms with Gasteiger partial charge in [-0.3, -0.25) is 20.4 Å². The van der Waals surface area contributed by atoms with Gasteiger partial charge < -0.3 is 9.72 Å². The lowest BCUT2D eigenvalue weighted by Crippen LogP contribution is -2.41. The summed E-state index contributed by atoms with van der Waals surface area (Å²) < 4.78 is 18.2. The second-order valence-corrected chi connectivity index (χ2v) is 7.30. The van der Waals surface area contributed by atoms with E-state index in [0.717, 1.165) is 21.3 Å². The number of thiophene rings is 1. The summed E-state index contributed by atoms with van der Waals surface area (Å²) in [5, 5.41) is 0.851. The number of carbonyl (C=O) groups excluding carboxylic acids is 2. The standard InChI is InChI=1S/C21H16FN3O3S/c1-28-15-7-4-13-10-17(23-16(13)11-15)20(26)24-25-21(27)19-9-8-18(29-19)12-2-5-14(22)6-3-12/h2-11,23H,1H3,(H,24,26)(H,25,27). The lowest BCUT2D eigenvalue weighted by molar-refractivity contribution is 0.0846. The number of rotatable bonds is 4. The number of nitrogens with one attached hydrogen (secondary N) is 3. The van der Waals surface area contributed by atoms with Crippen molar-refractivity contribution in [1.29, 1.82) is 0 Å². The highest BCUT2D eigenvalue weighted by Crippen LogP contribution is 2.28. The molecule has 0 saturated carbocycles. The number of halogens is 1. The van der Waals surface area contributed by atoms with Crippen LogP contribution in [0.25, 0.3) is 21.3 Å². The first kappa shape index (κ1) is 18.7. The van der Waals surface area contributed by atoms with Crippen LogP contribution >= 0.6 is 11.3 Å². The van der Waals surface area contributed by atoms with Crippen molar-refractivity contribution >= 4 is 34.1 Å². The van der Waals surface area contributed by atoms with Gasteiger partial charge in [0.1, 0.15) is 17.3 Å². The number of methoxy groups -OCH3 is 1. The van der Waals surface area contributed by atoms with E-state index >= 15 is 0 Å². The van der Waals surface area contributed by atoms with Gasteiger partial charge in [-0.25, -0.2) is 4.39 Å². The fourth-order valence-corrected chi connectivity index (χ4v) is 3.73. The highest BCUT2D eigenvalue weighted by molar-refractivity contribution is 7.17. The molecule has 2 heterocycles. The lowest BCUT2D eigenvalue weighted by Gasteiger charge is -2.04. The van der Waals surface area contributed by atoms with Gasteiger partial charge in [-0.2, -0.15) is 0 Å². The largest absolute Gasteiger partial charge is 0.497 e. The zero-order valence-electron chi connectivity index (χ0n) is 15.3. The number of benzene rings is 2. The van der Waals surface area contributed by atoms with Crippen LogP contribution in [0, 0.1) is 5.82 Å². The van der Waals surface area contributed by atoms with Gasteiger partial charge in [-0.15, -0.1) is 11.3 Å². The molecule has 0 bridgehead atoms. The molecule has 8 heteroatoms. The van der Waals surface area contributed by atoms with Gasteiger partial charge >= 0.3 is 0 Å². The van der Waals surface area contributed by atoms with E-state index in [-0.39, 0.29) is 5.82 Å². The number of hydrogen-bond acceptors (Lipinski definition) is 4. The minimum atomic E-state index is -0.469. The van der Waals surface area contributed by atoms with Crippen molar-refractivity contribution in [2.75, 3.05) is 7.11 Å². The van der Waals surface area contributed by atoms with Gasteiger partial charge in [0.2, 0.25) is 0 Å². The predicted molar refractivity (Wildman–Crippen MR) is 109 cm³/mol. The highest BCUT2D eigenvalue weighted by atomic mass is 32.1. The maximum Gasteiger partial charge on any atom is 0.286 e. The molecule has 2 aromatic carbocycles. The molecule has 0 atom stereocenters. The number of ether oxygens (including phenoxy) is 1. The minimum absolute atomic E-state index is 0.312. The first-order valence-corrected chi connectivity index (χ1v) is 9.48. The minimum Gasteiger partial charge on any atom is -0.497 e. The van der Waals surface area contributed by atoms with Crippen LogP contribution in [-0.2, 0) is 0 Å². The molecule has 6 nitrogen and oxygen atoms in total. The third-order valence-electron chi connectivity index (χ3n) is 4.32. The first-order chi connectivity index (χ1) is 14.0. The SMILES string of the molecule is COc1ccc2cc(C(=O)NNC(=O)c3ccc(-c4ccc(F)cc4)s3)[nH]c2c1. The Morgan fingerprint density at radius 2 is 1.72 bits per heavy atom. The Kier molecular flexibility index (Phi) is 5.01. The van der Waals surface area contributed by atoms with E-state index in [1.807, 2.05) is 6.07 Å². The second kappa shape index (κ2) is 7.76. The Morgan fingerprint density at radius 3 is 2.48 bits per heavy atom. The Balaban J connectivity index is 1.41. The molecule has 0 spiro atoms. The number of carbonyl (C=O) groups is 2. The molecule has 0 radical (unpaired) electrons. The van der Waals surface area contributed by atoms with E-state index in [2.05, 4.69) is 15.8 Å². The molecule has 0 aliphatic heterocycles.